The molecule has 0 saturated carbocycles. The normalized spacial score (nSPS) is 12.8. The summed E-state index contributed by atoms with van der Waals surface area (Å²) in [5.41, 5.74) is 16.5. The summed E-state index contributed by atoms with van der Waals surface area (Å²) in [6.07, 6.45) is 1.88. The van der Waals surface area contributed by atoms with Crippen molar-refractivity contribution in [2.45, 2.75) is 39.8 Å². The Morgan fingerprint density at radius 3 is 2.10 bits per heavy atom. The van der Waals surface area contributed by atoms with E-state index >= 15 is 0 Å². The lowest BCUT2D eigenvalue weighted by Crippen LogP contribution is -2.15. The molecule has 0 bridgehead atoms. The number of aliphatic imine (C=N–C) groups is 2. The molecule has 0 aliphatic carbocycles. The van der Waals surface area contributed by atoms with E-state index in [9.17, 15) is 0 Å². The Labute approximate surface area is 171 Å². The molecule has 3 rings (SSSR count). The highest BCUT2D eigenvalue weighted by Crippen LogP contribution is 2.19. The van der Waals surface area contributed by atoms with Crippen LogP contribution < -0.4 is 11.5 Å². The molecule has 0 spiro atoms. The van der Waals surface area contributed by atoms with Gasteiger partial charge >= 0.3 is 0 Å². The molecule has 7 nitrogen and oxygen atoms in total. The molecular weight excluding hydrogens is 362 g/mol. The van der Waals surface area contributed by atoms with Gasteiger partial charge in [-0.05, 0) is 58.0 Å². The highest BCUT2D eigenvalue weighted by molar-refractivity contribution is 5.98. The summed E-state index contributed by atoms with van der Waals surface area (Å²) >= 11 is 0. The molecule has 0 radical (unpaired) electrons. The molecule has 29 heavy (non-hydrogen) atoms. The molecule has 4 N–H and O–H groups in total. The van der Waals surface area contributed by atoms with E-state index in [0.29, 0.717) is 11.7 Å². The van der Waals surface area contributed by atoms with Crippen molar-refractivity contribution in [3.05, 3.63) is 65.9 Å². The number of rotatable bonds is 6. The fourth-order valence-electron chi connectivity index (χ4n) is 2.85. The van der Waals surface area contributed by atoms with Crippen molar-refractivity contribution in [2.75, 3.05) is 0 Å². The molecule has 0 unspecified atom stereocenters. The van der Waals surface area contributed by atoms with Crippen molar-refractivity contribution in [3.63, 3.8) is 0 Å². The fourth-order valence-corrected chi connectivity index (χ4v) is 2.85. The monoisotopic (exact) mass is 389 g/mol. The summed E-state index contributed by atoms with van der Waals surface area (Å²) in [4.78, 5) is 8.78. The van der Waals surface area contributed by atoms with Gasteiger partial charge in [0, 0.05) is 28.8 Å². The number of nitrogens with two attached hydrogens (primary N) is 2. The summed E-state index contributed by atoms with van der Waals surface area (Å²) in [5.74, 6) is 1.05. The maximum Gasteiger partial charge on any atom is 0.125 e. The van der Waals surface area contributed by atoms with Crippen molar-refractivity contribution in [1.29, 1.82) is 0 Å². The number of hydrogen-bond donors (Lipinski definition) is 2. The average Bonchev–Trinajstić information content (AvgIpc) is 3.17. The molecule has 0 amide bonds. The van der Waals surface area contributed by atoms with Gasteiger partial charge in [0.05, 0.1) is 11.9 Å². The number of aromatic nitrogens is 3. The van der Waals surface area contributed by atoms with E-state index in [1.165, 1.54) is 0 Å². The van der Waals surface area contributed by atoms with Gasteiger partial charge in [0.25, 0.3) is 0 Å². The summed E-state index contributed by atoms with van der Waals surface area (Å²) < 4.78 is 1.73. The van der Waals surface area contributed by atoms with Gasteiger partial charge in [0.15, 0.2) is 0 Å². The zero-order valence-electron chi connectivity index (χ0n) is 17.2. The van der Waals surface area contributed by atoms with E-state index in [1.54, 1.807) is 4.68 Å². The minimum absolute atomic E-state index is 0.141. The second kappa shape index (κ2) is 8.68. The molecule has 0 aliphatic heterocycles. The van der Waals surface area contributed by atoms with Crippen LogP contribution in [0.5, 0.6) is 0 Å². The summed E-state index contributed by atoms with van der Waals surface area (Å²) in [6.45, 7) is 7.98. The largest absolute Gasteiger partial charge is 0.383 e. The SMILES string of the molecule is CC(C)N=C(N)c1ccc(-n2cc(-c3cccc(C(N)=NC(C)C)c3)nn2)cc1. The summed E-state index contributed by atoms with van der Waals surface area (Å²) in [7, 11) is 0. The van der Waals surface area contributed by atoms with E-state index in [0.717, 1.165) is 28.1 Å². The van der Waals surface area contributed by atoms with Crippen LogP contribution in [0.3, 0.4) is 0 Å². The number of nitrogens with zero attached hydrogens (tertiary/aromatic N) is 5. The third-order valence-electron chi connectivity index (χ3n) is 4.17. The van der Waals surface area contributed by atoms with Crippen LogP contribution in [0.2, 0.25) is 0 Å². The molecule has 3 aromatic rings. The van der Waals surface area contributed by atoms with Crippen LogP contribution in [0.1, 0.15) is 38.8 Å². The van der Waals surface area contributed by atoms with Crippen LogP contribution in [0, 0.1) is 0 Å². The number of amidine groups is 2. The summed E-state index contributed by atoms with van der Waals surface area (Å²) in [6, 6.07) is 15.9. The van der Waals surface area contributed by atoms with Gasteiger partial charge in [-0.2, -0.15) is 0 Å². The van der Waals surface area contributed by atoms with E-state index in [4.69, 9.17) is 11.5 Å². The Bertz CT molecular complexity index is 1030. The highest BCUT2D eigenvalue weighted by atomic mass is 15.4. The molecule has 1 aromatic heterocycles. The molecule has 150 valence electrons. The minimum atomic E-state index is 0.141. The second-order valence-corrected chi connectivity index (χ2v) is 7.39. The van der Waals surface area contributed by atoms with Gasteiger partial charge in [0.1, 0.15) is 17.4 Å². The zero-order chi connectivity index (χ0) is 21.0. The predicted octanol–water partition coefficient (Wildman–Crippen LogP) is 3.16. The Hall–Kier alpha value is -3.48. The van der Waals surface area contributed by atoms with Crippen LogP contribution in [0.4, 0.5) is 0 Å². The topological polar surface area (TPSA) is 107 Å². The average molecular weight is 390 g/mol. The fraction of sp³-hybridized carbons (Fsp3) is 0.273. The lowest BCUT2D eigenvalue weighted by molar-refractivity contribution is 0.803. The number of hydrogen-bond acceptors (Lipinski definition) is 4. The van der Waals surface area contributed by atoms with E-state index in [1.807, 2.05) is 82.4 Å². The molecule has 0 fully saturated rings. The lowest BCUT2D eigenvalue weighted by atomic mass is 10.1. The maximum atomic E-state index is 6.10. The van der Waals surface area contributed by atoms with Crippen LogP contribution in [0.25, 0.3) is 16.9 Å². The molecule has 0 aliphatic rings. The molecule has 2 aromatic carbocycles. The molecule has 0 saturated heterocycles. The smallest absolute Gasteiger partial charge is 0.125 e. The van der Waals surface area contributed by atoms with Crippen molar-refractivity contribution in [1.82, 2.24) is 15.0 Å². The standard InChI is InChI=1S/C22H27N7/c1-14(2)25-21(23)16-8-10-19(11-9-16)29-13-20(27-28-29)17-6-5-7-18(12-17)22(24)26-15(3)4/h5-15H,1-4H3,(H2,23,25)(H2,24,26). The van der Waals surface area contributed by atoms with Crippen LogP contribution in [0.15, 0.2) is 64.7 Å². The van der Waals surface area contributed by atoms with Crippen molar-refractivity contribution in [2.24, 2.45) is 21.5 Å². The predicted molar refractivity (Wildman–Crippen MR) is 119 cm³/mol. The first kappa shape index (κ1) is 20.3. The van der Waals surface area contributed by atoms with Gasteiger partial charge in [0.2, 0.25) is 0 Å². The molecular formula is C22H27N7. The van der Waals surface area contributed by atoms with Gasteiger partial charge in [-0.25, -0.2) is 4.68 Å². The third kappa shape index (κ3) is 5.07. The lowest BCUT2D eigenvalue weighted by Gasteiger charge is -2.05. The Morgan fingerprint density at radius 2 is 1.48 bits per heavy atom. The van der Waals surface area contributed by atoms with Gasteiger partial charge in [-0.15, -0.1) is 5.10 Å². The van der Waals surface area contributed by atoms with E-state index < -0.39 is 0 Å². The van der Waals surface area contributed by atoms with Crippen LogP contribution in [-0.2, 0) is 0 Å². The Balaban J connectivity index is 1.85. The van der Waals surface area contributed by atoms with Gasteiger partial charge in [-0.3, -0.25) is 9.98 Å². The zero-order valence-corrected chi connectivity index (χ0v) is 17.2. The number of benzene rings is 2. The van der Waals surface area contributed by atoms with E-state index in [-0.39, 0.29) is 12.1 Å². The first-order chi connectivity index (χ1) is 13.8. The van der Waals surface area contributed by atoms with Gasteiger partial charge < -0.3 is 11.5 Å². The Kier molecular flexibility index (Phi) is 6.07. The summed E-state index contributed by atoms with van der Waals surface area (Å²) in [5, 5.41) is 8.56. The molecule has 1 heterocycles. The van der Waals surface area contributed by atoms with E-state index in [2.05, 4.69) is 20.3 Å². The van der Waals surface area contributed by atoms with Crippen molar-refractivity contribution in [3.8, 4) is 16.9 Å². The van der Waals surface area contributed by atoms with Crippen molar-refractivity contribution >= 4 is 11.7 Å². The third-order valence-corrected chi connectivity index (χ3v) is 4.17. The van der Waals surface area contributed by atoms with Crippen LogP contribution >= 0.6 is 0 Å². The quantitative estimate of drug-likeness (QED) is 0.499. The first-order valence-corrected chi connectivity index (χ1v) is 9.64. The second-order valence-electron chi connectivity index (χ2n) is 7.39. The highest BCUT2D eigenvalue weighted by Gasteiger charge is 2.09. The molecule has 7 heteroatoms. The minimum Gasteiger partial charge on any atom is -0.383 e. The van der Waals surface area contributed by atoms with Gasteiger partial charge in [-0.1, -0.05) is 23.4 Å². The first-order valence-electron chi connectivity index (χ1n) is 9.64. The Morgan fingerprint density at radius 1 is 0.862 bits per heavy atom. The molecule has 0 atom stereocenters. The van der Waals surface area contributed by atoms with Crippen molar-refractivity contribution < 1.29 is 0 Å². The maximum absolute atomic E-state index is 6.10. The van der Waals surface area contributed by atoms with Crippen LogP contribution in [-0.4, -0.2) is 38.7 Å².